The lowest BCUT2D eigenvalue weighted by atomic mass is 10.1. The van der Waals surface area contributed by atoms with E-state index in [-0.39, 0.29) is 29.7 Å². The van der Waals surface area contributed by atoms with Crippen LogP contribution in [0.15, 0.2) is 35.1 Å². The van der Waals surface area contributed by atoms with Crippen molar-refractivity contribution in [3.63, 3.8) is 0 Å². The molecule has 0 spiro atoms. The van der Waals surface area contributed by atoms with Crippen molar-refractivity contribution in [2.75, 3.05) is 12.3 Å². The van der Waals surface area contributed by atoms with Crippen LogP contribution in [0.25, 0.3) is 11.2 Å². The highest BCUT2D eigenvalue weighted by atomic mass is 16.6. The summed E-state index contributed by atoms with van der Waals surface area (Å²) >= 11 is 0. The number of hydrogen-bond donors (Lipinski definition) is 5. The average molecular weight is 389 g/mol. The van der Waals surface area contributed by atoms with E-state index in [0.717, 1.165) is 5.56 Å². The van der Waals surface area contributed by atoms with Gasteiger partial charge in [0.05, 0.1) is 6.61 Å². The average Bonchev–Trinajstić information content (AvgIpc) is 3.18. The van der Waals surface area contributed by atoms with E-state index in [1.807, 2.05) is 30.3 Å². The maximum absolute atomic E-state index is 12.2. The number of nitrogens with zero attached hydrogens (tertiary/aromatic N) is 3. The van der Waals surface area contributed by atoms with E-state index in [1.54, 1.807) is 0 Å². The van der Waals surface area contributed by atoms with E-state index in [9.17, 15) is 20.1 Å². The standard InChI is InChI=1S/C17H19N5O6/c18-16-20-13-10(14(26)21-16)19-17(27-7-8-4-2-1-3-5-8)22(13)15-12(25)11(24)9(6-23)28-15/h1-5,9,11-12,15,23-25H,6-7H2,(H3,18,20,21,26)/t9-,11-,12-,15?/m1/s1. The third kappa shape index (κ3) is 3.10. The molecule has 1 fully saturated rings. The molecular weight excluding hydrogens is 370 g/mol. The molecule has 0 bridgehead atoms. The second kappa shape index (κ2) is 7.20. The summed E-state index contributed by atoms with van der Waals surface area (Å²) in [7, 11) is 0. The number of aliphatic hydroxyl groups is 3. The van der Waals surface area contributed by atoms with Crippen LogP contribution in [0.2, 0.25) is 0 Å². The SMILES string of the molecule is Nc1nc2c(nc(OCc3ccccc3)n2C2O[C@H](CO)[C@@H](O)[C@H]2O)c(=O)[nH]1. The molecule has 4 atom stereocenters. The first-order chi connectivity index (χ1) is 13.5. The molecule has 11 nitrogen and oxygen atoms in total. The number of fused-ring (bicyclic) bond motifs is 1. The number of imidazole rings is 1. The summed E-state index contributed by atoms with van der Waals surface area (Å²) in [5.74, 6) is -0.153. The van der Waals surface area contributed by atoms with Gasteiger partial charge in [0, 0.05) is 0 Å². The van der Waals surface area contributed by atoms with Gasteiger partial charge in [-0.15, -0.1) is 0 Å². The summed E-state index contributed by atoms with van der Waals surface area (Å²) in [6, 6.07) is 9.22. The number of benzene rings is 1. The van der Waals surface area contributed by atoms with Crippen molar-refractivity contribution in [3.8, 4) is 6.01 Å². The minimum absolute atomic E-state index is 0.0270. The number of ether oxygens (including phenoxy) is 2. The van der Waals surface area contributed by atoms with E-state index in [4.69, 9.17) is 15.2 Å². The number of aliphatic hydroxyl groups excluding tert-OH is 3. The zero-order chi connectivity index (χ0) is 19.8. The Labute approximate surface area is 158 Å². The van der Waals surface area contributed by atoms with E-state index < -0.39 is 36.7 Å². The highest BCUT2D eigenvalue weighted by Gasteiger charge is 2.45. The van der Waals surface area contributed by atoms with Gasteiger partial charge in [0.25, 0.3) is 5.56 Å². The van der Waals surface area contributed by atoms with Crippen LogP contribution in [0, 0.1) is 0 Å². The van der Waals surface area contributed by atoms with Gasteiger partial charge in [-0.1, -0.05) is 30.3 Å². The minimum Gasteiger partial charge on any atom is -0.460 e. The third-order valence-corrected chi connectivity index (χ3v) is 4.52. The number of aromatic amines is 1. The van der Waals surface area contributed by atoms with Crippen molar-refractivity contribution in [2.45, 2.75) is 31.1 Å². The smallest absolute Gasteiger partial charge is 0.301 e. The summed E-state index contributed by atoms with van der Waals surface area (Å²) in [5.41, 5.74) is 5.87. The largest absolute Gasteiger partial charge is 0.460 e. The van der Waals surface area contributed by atoms with E-state index in [1.165, 1.54) is 4.57 Å². The van der Waals surface area contributed by atoms with Gasteiger partial charge in [-0.25, -0.2) is 4.57 Å². The lowest BCUT2D eigenvalue weighted by Gasteiger charge is -2.19. The predicted octanol–water partition coefficient (Wildman–Crippen LogP) is -1.11. The monoisotopic (exact) mass is 389 g/mol. The van der Waals surface area contributed by atoms with Crippen molar-refractivity contribution in [1.82, 2.24) is 19.5 Å². The van der Waals surface area contributed by atoms with Crippen molar-refractivity contribution in [1.29, 1.82) is 0 Å². The number of aromatic nitrogens is 4. The van der Waals surface area contributed by atoms with Gasteiger partial charge in [0.2, 0.25) is 5.95 Å². The van der Waals surface area contributed by atoms with Crippen LogP contribution in [0.5, 0.6) is 6.01 Å². The second-order valence-electron chi connectivity index (χ2n) is 6.39. The van der Waals surface area contributed by atoms with Gasteiger partial charge in [-0.2, -0.15) is 9.97 Å². The molecule has 1 aliphatic rings. The van der Waals surface area contributed by atoms with Crippen molar-refractivity contribution < 1.29 is 24.8 Å². The maximum Gasteiger partial charge on any atom is 0.301 e. The van der Waals surface area contributed by atoms with Gasteiger partial charge in [0.1, 0.15) is 24.9 Å². The molecule has 28 heavy (non-hydrogen) atoms. The summed E-state index contributed by atoms with van der Waals surface area (Å²) in [4.78, 5) is 22.8. The molecule has 3 heterocycles. The van der Waals surface area contributed by atoms with Crippen molar-refractivity contribution in [2.24, 2.45) is 0 Å². The fraction of sp³-hybridized carbons (Fsp3) is 0.353. The van der Waals surface area contributed by atoms with E-state index >= 15 is 0 Å². The molecular formula is C17H19N5O6. The molecule has 3 aromatic rings. The van der Waals surface area contributed by atoms with Crippen LogP contribution < -0.4 is 16.0 Å². The highest BCUT2D eigenvalue weighted by molar-refractivity contribution is 5.72. The molecule has 1 unspecified atom stereocenters. The lowest BCUT2D eigenvalue weighted by molar-refractivity contribution is -0.0545. The molecule has 2 aromatic heterocycles. The first-order valence-electron chi connectivity index (χ1n) is 8.56. The highest BCUT2D eigenvalue weighted by Crippen LogP contribution is 2.34. The Morgan fingerprint density at radius 2 is 1.96 bits per heavy atom. The molecule has 1 aliphatic heterocycles. The first-order valence-corrected chi connectivity index (χ1v) is 8.56. The Hall–Kier alpha value is -2.99. The van der Waals surface area contributed by atoms with E-state index in [2.05, 4.69) is 15.0 Å². The number of rotatable bonds is 5. The number of hydrogen-bond acceptors (Lipinski definition) is 9. The number of nitrogen functional groups attached to an aromatic ring is 1. The Morgan fingerprint density at radius 1 is 1.21 bits per heavy atom. The fourth-order valence-corrected chi connectivity index (χ4v) is 3.13. The quantitative estimate of drug-likeness (QED) is 0.363. The Kier molecular flexibility index (Phi) is 4.73. The number of anilines is 1. The molecule has 1 saturated heterocycles. The zero-order valence-electron chi connectivity index (χ0n) is 14.6. The Morgan fingerprint density at radius 3 is 2.64 bits per heavy atom. The first kappa shape index (κ1) is 18.4. The van der Waals surface area contributed by atoms with Gasteiger partial charge in [-0.3, -0.25) is 9.78 Å². The van der Waals surface area contributed by atoms with Crippen molar-refractivity contribution in [3.05, 3.63) is 46.2 Å². The summed E-state index contributed by atoms with van der Waals surface area (Å²) in [6.07, 6.45) is -4.94. The molecule has 11 heteroatoms. The van der Waals surface area contributed by atoms with E-state index in [0.29, 0.717) is 0 Å². The van der Waals surface area contributed by atoms with Crippen LogP contribution in [0.3, 0.4) is 0 Å². The number of H-pyrrole nitrogens is 1. The number of nitrogens with one attached hydrogen (secondary N) is 1. The van der Waals surface area contributed by atoms with Gasteiger partial charge in [-0.05, 0) is 5.56 Å². The van der Waals surface area contributed by atoms with Crippen LogP contribution in [-0.4, -0.2) is 59.8 Å². The molecule has 4 rings (SSSR count). The topological polar surface area (TPSA) is 169 Å². The molecule has 0 radical (unpaired) electrons. The van der Waals surface area contributed by atoms with Crippen LogP contribution in [0.4, 0.5) is 5.95 Å². The third-order valence-electron chi connectivity index (χ3n) is 4.52. The lowest BCUT2D eigenvalue weighted by Crippen LogP contribution is -2.33. The molecule has 0 saturated carbocycles. The fourth-order valence-electron chi connectivity index (χ4n) is 3.13. The van der Waals surface area contributed by atoms with Crippen molar-refractivity contribution >= 4 is 17.1 Å². The zero-order valence-corrected chi connectivity index (χ0v) is 14.6. The summed E-state index contributed by atoms with van der Waals surface area (Å²) in [5, 5.41) is 29.8. The Bertz CT molecular complexity index is 1040. The molecule has 0 aliphatic carbocycles. The molecule has 148 valence electrons. The van der Waals surface area contributed by atoms with Crippen LogP contribution in [-0.2, 0) is 11.3 Å². The number of nitrogens with two attached hydrogens (primary N) is 1. The Balaban J connectivity index is 1.79. The summed E-state index contributed by atoms with van der Waals surface area (Å²) in [6.45, 7) is -0.371. The minimum atomic E-state index is -1.41. The molecule has 6 N–H and O–H groups in total. The molecule has 0 amide bonds. The van der Waals surface area contributed by atoms with Gasteiger partial charge in [0.15, 0.2) is 17.4 Å². The maximum atomic E-state index is 12.2. The normalized spacial score (nSPS) is 24.7. The second-order valence-corrected chi connectivity index (χ2v) is 6.39. The van der Waals surface area contributed by atoms with Gasteiger partial charge < -0.3 is 30.5 Å². The summed E-state index contributed by atoms with van der Waals surface area (Å²) < 4.78 is 12.6. The van der Waals surface area contributed by atoms with Gasteiger partial charge >= 0.3 is 6.01 Å². The van der Waals surface area contributed by atoms with Crippen LogP contribution >= 0.6 is 0 Å². The molecule has 1 aromatic carbocycles. The predicted molar refractivity (Wildman–Crippen MR) is 96.3 cm³/mol. The van der Waals surface area contributed by atoms with Crippen LogP contribution in [0.1, 0.15) is 11.8 Å².